The maximum atomic E-state index is 5.82. The molecule has 2 N–H and O–H groups in total. The summed E-state index contributed by atoms with van der Waals surface area (Å²) in [6.45, 7) is 6.62. The highest BCUT2D eigenvalue weighted by atomic mass is 16.5. The van der Waals surface area contributed by atoms with Gasteiger partial charge in [-0.15, -0.1) is 0 Å². The molecule has 5 nitrogen and oxygen atoms in total. The molecule has 21 heavy (non-hydrogen) atoms. The van der Waals surface area contributed by atoms with Crippen LogP contribution < -0.4 is 10.6 Å². The molecule has 1 fully saturated rings. The third-order valence-corrected chi connectivity index (χ3v) is 4.20. The van der Waals surface area contributed by atoms with Gasteiger partial charge in [-0.1, -0.05) is 13.0 Å². The van der Waals surface area contributed by atoms with Crippen molar-refractivity contribution in [3.8, 4) is 0 Å². The lowest BCUT2D eigenvalue weighted by atomic mass is 10.1. The molecule has 0 aliphatic carbocycles. The van der Waals surface area contributed by atoms with Crippen molar-refractivity contribution in [1.82, 2.24) is 9.38 Å². The molecule has 3 heterocycles. The van der Waals surface area contributed by atoms with Crippen molar-refractivity contribution >= 4 is 11.5 Å². The summed E-state index contributed by atoms with van der Waals surface area (Å²) < 4.78 is 7.97. The molecule has 2 unspecified atom stereocenters. The SMILES string of the molecule is CCC1COC(C)CN1c1nc2ccccn2c1CCN. The first-order valence-corrected chi connectivity index (χ1v) is 7.78. The Labute approximate surface area is 125 Å². The van der Waals surface area contributed by atoms with Gasteiger partial charge in [-0.25, -0.2) is 4.98 Å². The number of nitrogens with two attached hydrogens (primary N) is 1. The molecule has 0 aromatic carbocycles. The molecular formula is C16H24N4O. The fourth-order valence-electron chi connectivity index (χ4n) is 3.07. The molecule has 5 heteroatoms. The van der Waals surface area contributed by atoms with Crippen LogP contribution in [0.4, 0.5) is 5.82 Å². The fourth-order valence-corrected chi connectivity index (χ4v) is 3.07. The largest absolute Gasteiger partial charge is 0.375 e. The molecule has 0 radical (unpaired) electrons. The highest BCUT2D eigenvalue weighted by molar-refractivity contribution is 5.57. The first kappa shape index (κ1) is 14.4. The Morgan fingerprint density at radius 1 is 1.43 bits per heavy atom. The second-order valence-corrected chi connectivity index (χ2v) is 5.71. The number of hydrogen-bond acceptors (Lipinski definition) is 4. The molecule has 0 amide bonds. The summed E-state index contributed by atoms with van der Waals surface area (Å²) in [4.78, 5) is 7.27. The molecule has 1 aliphatic rings. The lowest BCUT2D eigenvalue weighted by molar-refractivity contribution is 0.0296. The van der Waals surface area contributed by atoms with Crippen molar-refractivity contribution in [2.24, 2.45) is 5.73 Å². The zero-order valence-electron chi connectivity index (χ0n) is 12.8. The third-order valence-electron chi connectivity index (χ3n) is 4.20. The molecule has 0 spiro atoms. The molecule has 2 atom stereocenters. The first-order valence-electron chi connectivity index (χ1n) is 7.78. The van der Waals surface area contributed by atoms with Gasteiger partial charge in [0, 0.05) is 19.2 Å². The van der Waals surface area contributed by atoms with Crippen molar-refractivity contribution in [2.75, 3.05) is 24.6 Å². The number of ether oxygens (including phenoxy) is 1. The molecule has 1 aliphatic heterocycles. The second kappa shape index (κ2) is 6.03. The van der Waals surface area contributed by atoms with Crippen LogP contribution in [0, 0.1) is 0 Å². The van der Waals surface area contributed by atoms with E-state index >= 15 is 0 Å². The van der Waals surface area contributed by atoms with Crippen LogP contribution in [-0.4, -0.2) is 41.2 Å². The van der Waals surface area contributed by atoms with Gasteiger partial charge in [0.15, 0.2) is 5.82 Å². The zero-order valence-corrected chi connectivity index (χ0v) is 12.8. The van der Waals surface area contributed by atoms with Crippen LogP contribution in [0.5, 0.6) is 0 Å². The highest BCUT2D eigenvalue weighted by Gasteiger charge is 2.29. The Morgan fingerprint density at radius 2 is 2.29 bits per heavy atom. The lowest BCUT2D eigenvalue weighted by Gasteiger charge is -2.39. The molecule has 1 saturated heterocycles. The Bertz CT molecular complexity index is 609. The van der Waals surface area contributed by atoms with E-state index in [4.69, 9.17) is 15.5 Å². The second-order valence-electron chi connectivity index (χ2n) is 5.71. The molecular weight excluding hydrogens is 264 g/mol. The predicted octanol–water partition coefficient (Wildman–Crippen LogP) is 1.84. The summed E-state index contributed by atoms with van der Waals surface area (Å²) in [5, 5.41) is 0. The van der Waals surface area contributed by atoms with E-state index in [1.165, 1.54) is 5.69 Å². The van der Waals surface area contributed by atoms with Crippen molar-refractivity contribution in [3.05, 3.63) is 30.1 Å². The van der Waals surface area contributed by atoms with Crippen LogP contribution in [0.3, 0.4) is 0 Å². The Hall–Kier alpha value is -1.59. The smallest absolute Gasteiger partial charge is 0.151 e. The van der Waals surface area contributed by atoms with E-state index in [0.717, 1.165) is 37.5 Å². The summed E-state index contributed by atoms with van der Waals surface area (Å²) >= 11 is 0. The quantitative estimate of drug-likeness (QED) is 0.932. The average molecular weight is 288 g/mol. The first-order chi connectivity index (χ1) is 10.2. The highest BCUT2D eigenvalue weighted by Crippen LogP contribution is 2.27. The van der Waals surface area contributed by atoms with E-state index in [9.17, 15) is 0 Å². The third kappa shape index (κ3) is 2.63. The number of pyridine rings is 1. The molecule has 0 saturated carbocycles. The van der Waals surface area contributed by atoms with Crippen molar-refractivity contribution in [1.29, 1.82) is 0 Å². The lowest BCUT2D eigenvalue weighted by Crippen LogP contribution is -2.49. The Kier molecular flexibility index (Phi) is 4.12. The minimum Gasteiger partial charge on any atom is -0.375 e. The van der Waals surface area contributed by atoms with Crippen LogP contribution in [0.15, 0.2) is 24.4 Å². The standard InChI is InChI=1S/C16H24N4O/c1-3-13-11-21-12(2)10-20(13)16-14(7-8-17)19-9-5-4-6-15(19)18-16/h4-6,9,12-13H,3,7-8,10-11,17H2,1-2H3. The van der Waals surface area contributed by atoms with Crippen LogP contribution in [0.25, 0.3) is 5.65 Å². The van der Waals surface area contributed by atoms with Crippen LogP contribution in [0.1, 0.15) is 26.0 Å². The zero-order chi connectivity index (χ0) is 14.8. The number of rotatable bonds is 4. The van der Waals surface area contributed by atoms with Gasteiger partial charge in [-0.05, 0) is 32.0 Å². The fraction of sp³-hybridized carbons (Fsp3) is 0.562. The summed E-state index contributed by atoms with van der Waals surface area (Å²) in [6, 6.07) is 6.51. The predicted molar refractivity (Wildman–Crippen MR) is 84.8 cm³/mol. The number of hydrogen-bond donors (Lipinski definition) is 1. The number of nitrogens with zero attached hydrogens (tertiary/aromatic N) is 3. The van der Waals surface area contributed by atoms with Gasteiger partial charge in [0.2, 0.25) is 0 Å². The van der Waals surface area contributed by atoms with Crippen LogP contribution >= 0.6 is 0 Å². The van der Waals surface area contributed by atoms with E-state index in [1.54, 1.807) is 0 Å². The molecule has 114 valence electrons. The molecule has 2 aromatic heterocycles. The van der Waals surface area contributed by atoms with E-state index < -0.39 is 0 Å². The van der Waals surface area contributed by atoms with Crippen LogP contribution in [-0.2, 0) is 11.2 Å². The number of aromatic nitrogens is 2. The van der Waals surface area contributed by atoms with Gasteiger partial charge in [0.25, 0.3) is 0 Å². The van der Waals surface area contributed by atoms with Gasteiger partial charge in [0.1, 0.15) is 5.65 Å². The summed E-state index contributed by atoms with van der Waals surface area (Å²) in [5.41, 5.74) is 8.02. The van der Waals surface area contributed by atoms with Gasteiger partial charge < -0.3 is 19.8 Å². The number of imidazole rings is 1. The van der Waals surface area contributed by atoms with E-state index in [1.807, 2.05) is 18.2 Å². The monoisotopic (exact) mass is 288 g/mol. The van der Waals surface area contributed by atoms with Crippen molar-refractivity contribution < 1.29 is 4.74 Å². The van der Waals surface area contributed by atoms with E-state index in [0.29, 0.717) is 12.6 Å². The summed E-state index contributed by atoms with van der Waals surface area (Å²) in [5.74, 6) is 1.08. The molecule has 2 aromatic rings. The summed E-state index contributed by atoms with van der Waals surface area (Å²) in [7, 11) is 0. The molecule has 3 rings (SSSR count). The van der Waals surface area contributed by atoms with E-state index in [2.05, 4.69) is 29.3 Å². The van der Waals surface area contributed by atoms with Gasteiger partial charge in [0.05, 0.1) is 24.4 Å². The number of fused-ring (bicyclic) bond motifs is 1. The van der Waals surface area contributed by atoms with Crippen molar-refractivity contribution in [2.45, 2.75) is 38.8 Å². The average Bonchev–Trinajstić information content (AvgIpc) is 2.86. The number of morpholine rings is 1. The van der Waals surface area contributed by atoms with Gasteiger partial charge in [-0.2, -0.15) is 0 Å². The number of anilines is 1. The van der Waals surface area contributed by atoms with Gasteiger partial charge in [-0.3, -0.25) is 0 Å². The Balaban J connectivity index is 2.06. The minimum atomic E-state index is 0.239. The summed E-state index contributed by atoms with van der Waals surface area (Å²) in [6.07, 6.45) is 4.20. The topological polar surface area (TPSA) is 55.8 Å². The molecule has 0 bridgehead atoms. The maximum absolute atomic E-state index is 5.82. The van der Waals surface area contributed by atoms with Gasteiger partial charge >= 0.3 is 0 Å². The van der Waals surface area contributed by atoms with E-state index in [-0.39, 0.29) is 6.10 Å². The van der Waals surface area contributed by atoms with Crippen LogP contribution in [0.2, 0.25) is 0 Å². The Morgan fingerprint density at radius 3 is 3.05 bits per heavy atom. The minimum absolute atomic E-state index is 0.239. The normalized spacial score (nSPS) is 22.9. The maximum Gasteiger partial charge on any atom is 0.151 e. The van der Waals surface area contributed by atoms with Crippen molar-refractivity contribution in [3.63, 3.8) is 0 Å².